The van der Waals surface area contributed by atoms with Gasteiger partial charge in [-0.3, -0.25) is 4.79 Å². The van der Waals surface area contributed by atoms with E-state index in [0.717, 1.165) is 12.8 Å². The third kappa shape index (κ3) is 4.52. The molecule has 0 radical (unpaired) electrons. The van der Waals surface area contributed by atoms with Crippen molar-refractivity contribution in [3.05, 3.63) is 23.8 Å². The van der Waals surface area contributed by atoms with Gasteiger partial charge in [-0.25, -0.2) is 13.6 Å². The van der Waals surface area contributed by atoms with Crippen molar-refractivity contribution in [2.75, 3.05) is 11.9 Å². The molecule has 0 spiro atoms. The van der Waals surface area contributed by atoms with Gasteiger partial charge >= 0.3 is 0 Å². The van der Waals surface area contributed by atoms with Gasteiger partial charge in [-0.1, -0.05) is 18.9 Å². The van der Waals surface area contributed by atoms with Crippen molar-refractivity contribution >= 4 is 21.6 Å². The Morgan fingerprint density at radius 3 is 2.62 bits per heavy atom. The first-order valence-corrected chi connectivity index (χ1v) is 8.57. The predicted molar refractivity (Wildman–Crippen MR) is 81.4 cm³/mol. The lowest BCUT2D eigenvalue weighted by atomic mass is 10.2. The molecule has 0 unspecified atom stereocenters. The van der Waals surface area contributed by atoms with Crippen LogP contribution in [0.5, 0.6) is 0 Å². The number of anilines is 1. The van der Waals surface area contributed by atoms with Crippen molar-refractivity contribution in [2.45, 2.75) is 43.5 Å². The highest BCUT2D eigenvalue weighted by molar-refractivity contribution is 7.89. The number of carbonyl (C=O) groups is 1. The van der Waals surface area contributed by atoms with Gasteiger partial charge in [-0.2, -0.15) is 0 Å². The molecular weight excluding hydrogens is 290 g/mol. The summed E-state index contributed by atoms with van der Waals surface area (Å²) in [6.45, 7) is 1.89. The van der Waals surface area contributed by atoms with Crippen LogP contribution in [0.1, 0.15) is 31.2 Å². The molecule has 0 bridgehead atoms. The van der Waals surface area contributed by atoms with Crippen LogP contribution < -0.4 is 15.8 Å². The topological polar surface area (TPSA) is 101 Å². The molecule has 0 aromatic heterocycles. The molecule has 1 amide bonds. The Morgan fingerprint density at radius 2 is 2.00 bits per heavy atom. The number of carbonyl (C=O) groups excluding carboxylic acids is 1. The highest BCUT2D eigenvalue weighted by atomic mass is 32.2. The van der Waals surface area contributed by atoms with E-state index in [1.165, 1.54) is 18.9 Å². The summed E-state index contributed by atoms with van der Waals surface area (Å²) in [4.78, 5) is 11.9. The molecule has 7 heteroatoms. The Kier molecular flexibility index (Phi) is 4.97. The van der Waals surface area contributed by atoms with Gasteiger partial charge in [0.1, 0.15) is 0 Å². The number of sulfonamides is 1. The number of benzene rings is 1. The molecule has 1 aliphatic carbocycles. The molecular formula is C14H21N3O3S. The minimum Gasteiger partial charge on any atom is -0.325 e. The van der Waals surface area contributed by atoms with Crippen molar-refractivity contribution < 1.29 is 13.2 Å². The van der Waals surface area contributed by atoms with E-state index in [9.17, 15) is 13.2 Å². The summed E-state index contributed by atoms with van der Waals surface area (Å²) >= 11 is 0. The van der Waals surface area contributed by atoms with Crippen LogP contribution in [0.2, 0.25) is 0 Å². The van der Waals surface area contributed by atoms with E-state index in [-0.39, 0.29) is 17.3 Å². The van der Waals surface area contributed by atoms with Crippen LogP contribution in [-0.4, -0.2) is 26.9 Å². The minimum absolute atomic E-state index is 0.0315. The molecule has 0 saturated heterocycles. The number of hydrogen-bond acceptors (Lipinski definition) is 4. The summed E-state index contributed by atoms with van der Waals surface area (Å²) in [6, 6.07) is 5.09. The monoisotopic (exact) mass is 311 g/mol. The Morgan fingerprint density at radius 1 is 1.33 bits per heavy atom. The molecule has 0 atom stereocenters. The predicted octanol–water partition coefficient (Wildman–Crippen LogP) is 1.11. The molecule has 1 aromatic rings. The lowest BCUT2D eigenvalue weighted by Gasteiger charge is -2.12. The van der Waals surface area contributed by atoms with Crippen molar-refractivity contribution in [2.24, 2.45) is 5.14 Å². The minimum atomic E-state index is -3.78. The quantitative estimate of drug-likeness (QED) is 0.758. The molecule has 1 saturated carbocycles. The van der Waals surface area contributed by atoms with Crippen LogP contribution in [0.15, 0.2) is 23.1 Å². The summed E-state index contributed by atoms with van der Waals surface area (Å²) < 4.78 is 22.9. The van der Waals surface area contributed by atoms with E-state index >= 15 is 0 Å². The van der Waals surface area contributed by atoms with E-state index in [1.807, 2.05) is 0 Å². The van der Waals surface area contributed by atoms with Crippen LogP contribution >= 0.6 is 0 Å². The molecule has 1 aromatic carbocycles. The van der Waals surface area contributed by atoms with E-state index in [1.54, 1.807) is 19.1 Å². The fourth-order valence-corrected chi connectivity index (χ4v) is 3.36. The summed E-state index contributed by atoms with van der Waals surface area (Å²) in [7, 11) is -3.78. The van der Waals surface area contributed by atoms with Crippen LogP contribution in [0, 0.1) is 6.92 Å². The number of hydrogen-bond donors (Lipinski definition) is 3. The number of primary sulfonamides is 1. The van der Waals surface area contributed by atoms with E-state index in [0.29, 0.717) is 17.3 Å². The van der Waals surface area contributed by atoms with E-state index in [2.05, 4.69) is 10.6 Å². The van der Waals surface area contributed by atoms with Crippen LogP contribution in [0.4, 0.5) is 5.69 Å². The summed E-state index contributed by atoms with van der Waals surface area (Å²) in [5, 5.41) is 11.0. The normalized spacial score (nSPS) is 16.1. The SMILES string of the molecule is Cc1ccc(NC(=O)CNC2CCCC2)cc1S(N)(=O)=O. The first-order chi connectivity index (χ1) is 9.86. The zero-order valence-electron chi connectivity index (χ0n) is 12.1. The fraction of sp³-hybridized carbons (Fsp3) is 0.500. The van der Waals surface area contributed by atoms with Gasteiger partial charge in [0.15, 0.2) is 0 Å². The van der Waals surface area contributed by atoms with Gasteiger partial charge in [-0.05, 0) is 37.5 Å². The van der Waals surface area contributed by atoms with Crippen molar-refractivity contribution in [1.29, 1.82) is 0 Å². The average Bonchev–Trinajstić information content (AvgIpc) is 2.90. The first kappa shape index (κ1) is 15.9. The molecule has 0 aliphatic heterocycles. The first-order valence-electron chi connectivity index (χ1n) is 7.03. The highest BCUT2D eigenvalue weighted by Crippen LogP contribution is 2.19. The van der Waals surface area contributed by atoms with Crippen molar-refractivity contribution in [3.63, 3.8) is 0 Å². The fourth-order valence-electron chi connectivity index (χ4n) is 2.56. The summed E-state index contributed by atoms with van der Waals surface area (Å²) in [5.41, 5.74) is 0.988. The van der Waals surface area contributed by atoms with Gasteiger partial charge < -0.3 is 10.6 Å². The Hall–Kier alpha value is -1.44. The number of amides is 1. The summed E-state index contributed by atoms with van der Waals surface area (Å²) in [6.07, 6.45) is 4.62. The van der Waals surface area contributed by atoms with Crippen LogP contribution in [-0.2, 0) is 14.8 Å². The smallest absolute Gasteiger partial charge is 0.238 e. The van der Waals surface area contributed by atoms with Crippen LogP contribution in [0.3, 0.4) is 0 Å². The largest absolute Gasteiger partial charge is 0.325 e. The second-order valence-electron chi connectivity index (χ2n) is 5.44. The molecule has 0 heterocycles. The van der Waals surface area contributed by atoms with Crippen molar-refractivity contribution in [1.82, 2.24) is 5.32 Å². The third-order valence-electron chi connectivity index (χ3n) is 3.68. The Balaban J connectivity index is 1.97. The molecule has 116 valence electrons. The Labute approximate surface area is 125 Å². The Bertz CT molecular complexity index is 622. The number of aryl methyl sites for hydroxylation is 1. The highest BCUT2D eigenvalue weighted by Gasteiger charge is 2.16. The van der Waals surface area contributed by atoms with Gasteiger partial charge in [0, 0.05) is 11.7 Å². The zero-order valence-corrected chi connectivity index (χ0v) is 12.9. The van der Waals surface area contributed by atoms with Crippen molar-refractivity contribution in [3.8, 4) is 0 Å². The van der Waals surface area contributed by atoms with E-state index in [4.69, 9.17) is 5.14 Å². The zero-order chi connectivity index (χ0) is 15.5. The number of nitrogens with one attached hydrogen (secondary N) is 2. The number of nitrogens with two attached hydrogens (primary N) is 1. The molecule has 1 fully saturated rings. The van der Waals surface area contributed by atoms with Gasteiger partial charge in [0.25, 0.3) is 0 Å². The van der Waals surface area contributed by atoms with Gasteiger partial charge in [0.2, 0.25) is 15.9 Å². The second-order valence-corrected chi connectivity index (χ2v) is 6.97. The van der Waals surface area contributed by atoms with Gasteiger partial charge in [0.05, 0.1) is 11.4 Å². The molecule has 6 nitrogen and oxygen atoms in total. The molecule has 21 heavy (non-hydrogen) atoms. The lowest BCUT2D eigenvalue weighted by Crippen LogP contribution is -2.34. The maximum atomic E-state index is 11.9. The molecule has 4 N–H and O–H groups in total. The molecule has 2 rings (SSSR count). The molecule has 1 aliphatic rings. The van der Waals surface area contributed by atoms with E-state index < -0.39 is 10.0 Å². The maximum absolute atomic E-state index is 11.9. The third-order valence-corrected chi connectivity index (χ3v) is 4.74. The average molecular weight is 311 g/mol. The summed E-state index contributed by atoms with van der Waals surface area (Å²) in [5.74, 6) is -0.189. The lowest BCUT2D eigenvalue weighted by molar-refractivity contribution is -0.115. The maximum Gasteiger partial charge on any atom is 0.238 e. The second kappa shape index (κ2) is 6.55. The van der Waals surface area contributed by atoms with Gasteiger partial charge in [-0.15, -0.1) is 0 Å². The number of rotatable bonds is 5. The van der Waals surface area contributed by atoms with Crippen LogP contribution in [0.25, 0.3) is 0 Å². The standard InChI is InChI=1S/C14H21N3O3S/c1-10-6-7-12(8-13(10)21(15,19)20)17-14(18)9-16-11-4-2-3-5-11/h6-8,11,16H,2-5,9H2,1H3,(H,17,18)(H2,15,19,20).